The molecule has 0 aliphatic heterocycles. The number of anilines is 1. The van der Waals surface area contributed by atoms with Crippen LogP contribution in [0.3, 0.4) is 0 Å². The zero-order valence-electron chi connectivity index (χ0n) is 14.4. The molecule has 3 aromatic rings. The lowest BCUT2D eigenvalue weighted by Crippen LogP contribution is -2.15. The molecule has 0 bridgehead atoms. The highest BCUT2D eigenvalue weighted by Crippen LogP contribution is 2.26. The van der Waals surface area contributed by atoms with Crippen LogP contribution >= 0.6 is 27.5 Å². The molecule has 0 unspecified atom stereocenters. The first-order chi connectivity index (χ1) is 12.7. The normalized spacial score (nSPS) is 11.7. The van der Waals surface area contributed by atoms with Gasteiger partial charge in [-0.15, -0.1) is 0 Å². The topological polar surface area (TPSA) is 81.8 Å². The molecule has 3 rings (SSSR count). The summed E-state index contributed by atoms with van der Waals surface area (Å²) in [6.07, 6.45) is 2.84. The van der Waals surface area contributed by atoms with E-state index in [0.717, 1.165) is 0 Å². The van der Waals surface area contributed by atoms with Crippen molar-refractivity contribution in [1.82, 2.24) is 19.6 Å². The fourth-order valence-corrected chi connectivity index (χ4v) is 4.55. The largest absolute Gasteiger partial charge is 0.269 e. The van der Waals surface area contributed by atoms with E-state index in [1.807, 2.05) is 6.92 Å². The number of sulfonamides is 1. The Kier molecular flexibility index (Phi) is 5.59. The molecule has 7 nitrogen and oxygen atoms in total. The second kappa shape index (κ2) is 7.61. The smallest absolute Gasteiger partial charge is 0.266 e. The Morgan fingerprint density at radius 1 is 1.37 bits per heavy atom. The molecule has 11 heteroatoms. The molecule has 0 atom stereocenters. The number of nitrogens with zero attached hydrogens (tertiary/aromatic N) is 4. The van der Waals surface area contributed by atoms with Gasteiger partial charge < -0.3 is 0 Å². The van der Waals surface area contributed by atoms with E-state index in [1.165, 1.54) is 23.0 Å². The summed E-state index contributed by atoms with van der Waals surface area (Å²) in [6.45, 7) is 4.16. The van der Waals surface area contributed by atoms with Crippen molar-refractivity contribution in [2.75, 3.05) is 4.72 Å². The number of hydrogen-bond donors (Lipinski definition) is 1. The van der Waals surface area contributed by atoms with Crippen LogP contribution in [0.15, 0.2) is 40.0 Å². The summed E-state index contributed by atoms with van der Waals surface area (Å²) in [6, 6.07) is 4.40. The summed E-state index contributed by atoms with van der Waals surface area (Å²) < 4.78 is 45.1. The van der Waals surface area contributed by atoms with Crippen molar-refractivity contribution in [3.8, 4) is 0 Å². The van der Waals surface area contributed by atoms with Crippen LogP contribution in [0.25, 0.3) is 0 Å². The highest BCUT2D eigenvalue weighted by atomic mass is 79.9. The van der Waals surface area contributed by atoms with Crippen LogP contribution in [0.1, 0.15) is 18.2 Å². The van der Waals surface area contributed by atoms with Gasteiger partial charge in [0.15, 0.2) is 5.82 Å². The van der Waals surface area contributed by atoms with Crippen molar-refractivity contribution in [3.05, 3.63) is 57.2 Å². The lowest BCUT2D eigenvalue weighted by atomic mass is 10.2. The standard InChI is InChI=1S/C16H16BrClFN5O2S/c1-3-24-10(2)15(7-20-24)27(25,26)22-16-12(17)9-23(21-16)8-11-13(18)5-4-6-14(11)19/h4-7,9H,3,8H2,1-2H3,(H,21,22). The van der Waals surface area contributed by atoms with Crippen molar-refractivity contribution in [1.29, 1.82) is 0 Å². The average Bonchev–Trinajstić information content (AvgIpc) is 3.14. The van der Waals surface area contributed by atoms with E-state index in [1.54, 1.807) is 23.9 Å². The molecule has 144 valence electrons. The van der Waals surface area contributed by atoms with Gasteiger partial charge >= 0.3 is 0 Å². The molecule has 2 heterocycles. The van der Waals surface area contributed by atoms with Gasteiger partial charge in [-0.1, -0.05) is 17.7 Å². The molecule has 0 aliphatic rings. The highest BCUT2D eigenvalue weighted by Gasteiger charge is 2.23. The van der Waals surface area contributed by atoms with E-state index in [-0.39, 0.29) is 27.8 Å². The van der Waals surface area contributed by atoms with E-state index in [9.17, 15) is 12.8 Å². The molecular weight excluding hydrogens is 461 g/mol. The Balaban J connectivity index is 1.87. The third-order valence-electron chi connectivity index (χ3n) is 3.98. The number of halogens is 3. The molecule has 0 saturated heterocycles. The zero-order chi connectivity index (χ0) is 19.8. The average molecular weight is 477 g/mol. The fraction of sp³-hybridized carbons (Fsp3) is 0.250. The highest BCUT2D eigenvalue weighted by molar-refractivity contribution is 9.10. The third-order valence-corrected chi connectivity index (χ3v) is 6.35. The number of rotatable bonds is 6. The summed E-state index contributed by atoms with van der Waals surface area (Å²) in [7, 11) is -3.87. The molecular formula is C16H16BrClFN5O2S. The van der Waals surface area contributed by atoms with Gasteiger partial charge in [-0.05, 0) is 41.9 Å². The lowest BCUT2D eigenvalue weighted by molar-refractivity contribution is 0.585. The van der Waals surface area contributed by atoms with E-state index >= 15 is 0 Å². The van der Waals surface area contributed by atoms with Crippen molar-refractivity contribution < 1.29 is 12.8 Å². The number of nitrogens with one attached hydrogen (secondary N) is 1. The molecule has 0 aliphatic carbocycles. The van der Waals surface area contributed by atoms with Gasteiger partial charge in [-0.2, -0.15) is 10.2 Å². The first kappa shape index (κ1) is 19.8. The fourth-order valence-electron chi connectivity index (χ4n) is 2.59. The van der Waals surface area contributed by atoms with Crippen molar-refractivity contribution in [2.24, 2.45) is 0 Å². The van der Waals surface area contributed by atoms with Crippen LogP contribution in [-0.4, -0.2) is 28.0 Å². The van der Waals surface area contributed by atoms with Crippen molar-refractivity contribution in [3.63, 3.8) is 0 Å². The first-order valence-electron chi connectivity index (χ1n) is 7.94. The number of aryl methyl sites for hydroxylation is 1. The summed E-state index contributed by atoms with van der Waals surface area (Å²) >= 11 is 9.30. The van der Waals surface area contributed by atoms with Gasteiger partial charge in [0, 0.05) is 23.3 Å². The number of hydrogen-bond acceptors (Lipinski definition) is 4. The Bertz CT molecular complexity index is 1080. The maximum atomic E-state index is 14.0. The first-order valence-corrected chi connectivity index (χ1v) is 10.6. The maximum Gasteiger partial charge on any atom is 0.266 e. The molecule has 2 aromatic heterocycles. The third kappa shape index (κ3) is 4.02. The molecule has 0 radical (unpaired) electrons. The van der Waals surface area contributed by atoms with E-state index in [4.69, 9.17) is 11.6 Å². The predicted molar refractivity (Wildman–Crippen MR) is 104 cm³/mol. The summed E-state index contributed by atoms with van der Waals surface area (Å²) in [4.78, 5) is 0.0722. The molecule has 1 aromatic carbocycles. The molecule has 0 saturated carbocycles. The predicted octanol–water partition coefficient (Wildman–Crippen LogP) is 3.81. The van der Waals surface area contributed by atoms with Crippen LogP contribution in [0.5, 0.6) is 0 Å². The Labute approximate surface area is 169 Å². The van der Waals surface area contributed by atoms with Gasteiger partial charge in [0.05, 0.1) is 22.9 Å². The SMILES string of the molecule is CCn1ncc(S(=O)(=O)Nc2nn(Cc3c(F)cccc3Cl)cc2Br)c1C. The Hall–Kier alpha value is -1.91. The van der Waals surface area contributed by atoms with Crippen LogP contribution < -0.4 is 4.72 Å². The van der Waals surface area contributed by atoms with Crippen LogP contribution in [0, 0.1) is 12.7 Å². The minimum Gasteiger partial charge on any atom is -0.269 e. The van der Waals surface area contributed by atoms with Crippen molar-refractivity contribution >= 4 is 43.4 Å². The minimum absolute atomic E-state index is 0.0542. The maximum absolute atomic E-state index is 14.0. The quantitative estimate of drug-likeness (QED) is 0.586. The Morgan fingerprint density at radius 2 is 2.11 bits per heavy atom. The lowest BCUT2D eigenvalue weighted by Gasteiger charge is -2.07. The Morgan fingerprint density at radius 3 is 2.74 bits per heavy atom. The molecule has 0 fully saturated rings. The number of aromatic nitrogens is 4. The van der Waals surface area contributed by atoms with E-state index < -0.39 is 15.8 Å². The summed E-state index contributed by atoms with van der Waals surface area (Å²) in [5, 5.41) is 8.50. The molecule has 27 heavy (non-hydrogen) atoms. The van der Waals surface area contributed by atoms with Crippen molar-refractivity contribution in [2.45, 2.75) is 31.8 Å². The molecule has 0 amide bonds. The van der Waals surface area contributed by atoms with Crippen LogP contribution in [0.4, 0.5) is 10.2 Å². The van der Waals surface area contributed by atoms with Gasteiger partial charge in [0.1, 0.15) is 10.7 Å². The molecule has 1 N–H and O–H groups in total. The van der Waals surface area contributed by atoms with Gasteiger partial charge in [0.2, 0.25) is 0 Å². The van der Waals surface area contributed by atoms with Gasteiger partial charge in [0.25, 0.3) is 10.0 Å². The monoisotopic (exact) mass is 475 g/mol. The summed E-state index contributed by atoms with van der Waals surface area (Å²) in [5.41, 5.74) is 0.794. The van der Waals surface area contributed by atoms with Crippen LogP contribution in [-0.2, 0) is 23.1 Å². The zero-order valence-corrected chi connectivity index (χ0v) is 17.6. The van der Waals surface area contributed by atoms with E-state index in [0.29, 0.717) is 16.7 Å². The van der Waals surface area contributed by atoms with Gasteiger partial charge in [-0.25, -0.2) is 12.8 Å². The second-order valence-electron chi connectivity index (χ2n) is 5.74. The summed E-state index contributed by atoms with van der Waals surface area (Å²) in [5.74, 6) is -0.370. The van der Waals surface area contributed by atoms with E-state index in [2.05, 4.69) is 30.8 Å². The van der Waals surface area contributed by atoms with Gasteiger partial charge in [-0.3, -0.25) is 14.1 Å². The molecule has 0 spiro atoms. The minimum atomic E-state index is -3.87. The number of benzene rings is 1. The van der Waals surface area contributed by atoms with Crippen LogP contribution in [0.2, 0.25) is 5.02 Å². The second-order valence-corrected chi connectivity index (χ2v) is 8.65.